The van der Waals surface area contributed by atoms with E-state index in [1.165, 1.54) is 12.1 Å². The van der Waals surface area contributed by atoms with Gasteiger partial charge in [0, 0.05) is 12.6 Å². The van der Waals surface area contributed by atoms with Crippen molar-refractivity contribution in [2.45, 2.75) is 32.9 Å². The van der Waals surface area contributed by atoms with Crippen molar-refractivity contribution in [2.24, 2.45) is 0 Å². The fourth-order valence-corrected chi connectivity index (χ4v) is 1.90. The monoisotopic (exact) mass is 222 g/mol. The highest BCUT2D eigenvalue weighted by Gasteiger charge is 2.14. The highest BCUT2D eigenvalue weighted by molar-refractivity contribution is 5.76. The van der Waals surface area contributed by atoms with Gasteiger partial charge in [0.2, 0.25) is 0 Å². The van der Waals surface area contributed by atoms with Crippen molar-refractivity contribution in [3.63, 3.8) is 0 Å². The van der Waals surface area contributed by atoms with E-state index in [2.05, 4.69) is 11.9 Å². The zero-order valence-electron chi connectivity index (χ0n) is 9.44. The van der Waals surface area contributed by atoms with Gasteiger partial charge in [-0.15, -0.1) is 0 Å². The molecule has 1 N–H and O–H groups in total. The summed E-state index contributed by atoms with van der Waals surface area (Å²) < 4.78 is 15.0. The number of nitrogens with zero attached hydrogens (tertiary/aromatic N) is 2. The Labute approximate surface area is 93.5 Å². The molecule has 0 fully saturated rings. The fourth-order valence-electron chi connectivity index (χ4n) is 1.90. The number of halogens is 1. The van der Waals surface area contributed by atoms with E-state index < -0.39 is 6.10 Å². The summed E-state index contributed by atoms with van der Waals surface area (Å²) >= 11 is 0. The minimum absolute atomic E-state index is 0.300. The molecule has 1 unspecified atom stereocenters. The van der Waals surface area contributed by atoms with E-state index in [9.17, 15) is 9.50 Å². The zero-order chi connectivity index (χ0) is 11.7. The second kappa shape index (κ2) is 4.22. The number of aliphatic hydroxyl groups is 1. The van der Waals surface area contributed by atoms with Crippen LogP contribution in [-0.2, 0) is 6.54 Å². The number of hydrogen-bond acceptors (Lipinski definition) is 2. The largest absolute Gasteiger partial charge is 0.385 e. The van der Waals surface area contributed by atoms with Crippen molar-refractivity contribution >= 4 is 11.0 Å². The van der Waals surface area contributed by atoms with Crippen molar-refractivity contribution < 1.29 is 9.50 Å². The van der Waals surface area contributed by atoms with Gasteiger partial charge in [0.15, 0.2) is 0 Å². The molecule has 0 radical (unpaired) electrons. The Hall–Kier alpha value is -1.42. The summed E-state index contributed by atoms with van der Waals surface area (Å²) in [5.41, 5.74) is 1.48. The third-order valence-electron chi connectivity index (χ3n) is 2.56. The molecule has 2 rings (SSSR count). The molecule has 1 aromatic carbocycles. The Bertz CT molecular complexity index is 505. The van der Waals surface area contributed by atoms with Crippen molar-refractivity contribution in [3.05, 3.63) is 29.8 Å². The highest BCUT2D eigenvalue weighted by Crippen LogP contribution is 2.21. The predicted molar refractivity (Wildman–Crippen MR) is 60.6 cm³/mol. The third kappa shape index (κ3) is 1.80. The first kappa shape index (κ1) is 11.1. The molecule has 0 aliphatic heterocycles. The van der Waals surface area contributed by atoms with E-state index in [-0.39, 0.29) is 5.82 Å². The van der Waals surface area contributed by atoms with E-state index in [1.54, 1.807) is 13.0 Å². The summed E-state index contributed by atoms with van der Waals surface area (Å²) in [6, 6.07) is 4.52. The van der Waals surface area contributed by atoms with Crippen LogP contribution in [0, 0.1) is 5.82 Å². The number of fused-ring (bicyclic) bond motifs is 1. The average molecular weight is 222 g/mol. The lowest BCUT2D eigenvalue weighted by molar-refractivity contribution is 0.184. The maximum absolute atomic E-state index is 13.1. The average Bonchev–Trinajstić information content (AvgIpc) is 2.57. The number of aliphatic hydroxyl groups excluding tert-OH is 1. The molecule has 0 saturated carbocycles. The normalized spacial score (nSPS) is 13.2. The van der Waals surface area contributed by atoms with Crippen LogP contribution in [0.1, 0.15) is 32.2 Å². The quantitative estimate of drug-likeness (QED) is 0.866. The topological polar surface area (TPSA) is 38.0 Å². The number of aromatic nitrogens is 2. The van der Waals surface area contributed by atoms with Gasteiger partial charge >= 0.3 is 0 Å². The van der Waals surface area contributed by atoms with Crippen LogP contribution >= 0.6 is 0 Å². The summed E-state index contributed by atoms with van der Waals surface area (Å²) in [7, 11) is 0. The third-order valence-corrected chi connectivity index (χ3v) is 2.56. The molecule has 86 valence electrons. The molecule has 4 heteroatoms. The van der Waals surface area contributed by atoms with Gasteiger partial charge in [0.05, 0.1) is 11.0 Å². The van der Waals surface area contributed by atoms with Gasteiger partial charge in [0.1, 0.15) is 17.7 Å². The van der Waals surface area contributed by atoms with Crippen LogP contribution < -0.4 is 0 Å². The first-order valence-corrected chi connectivity index (χ1v) is 5.47. The Balaban J connectivity index is 2.65. The van der Waals surface area contributed by atoms with Crippen LogP contribution in [0.2, 0.25) is 0 Å². The van der Waals surface area contributed by atoms with E-state index in [0.717, 1.165) is 18.5 Å². The minimum Gasteiger partial charge on any atom is -0.385 e. The summed E-state index contributed by atoms with van der Waals surface area (Å²) in [4.78, 5) is 4.26. The second-order valence-corrected chi connectivity index (χ2v) is 3.93. The minimum atomic E-state index is -0.637. The summed E-state index contributed by atoms with van der Waals surface area (Å²) in [5, 5.41) is 9.62. The fraction of sp³-hybridized carbons (Fsp3) is 0.417. The van der Waals surface area contributed by atoms with Gasteiger partial charge < -0.3 is 9.67 Å². The molecule has 1 heterocycles. The summed E-state index contributed by atoms with van der Waals surface area (Å²) in [5.74, 6) is 0.299. The van der Waals surface area contributed by atoms with Crippen LogP contribution in [0.5, 0.6) is 0 Å². The standard InChI is InChI=1S/C12H15FN2O/c1-3-6-15-11-5-4-9(13)7-10(11)14-12(15)8(2)16/h4-5,7-8,16H,3,6H2,1-2H3. The number of rotatable bonds is 3. The first-order valence-electron chi connectivity index (χ1n) is 5.47. The number of aryl methyl sites for hydroxylation is 1. The van der Waals surface area contributed by atoms with Crippen molar-refractivity contribution in [1.82, 2.24) is 9.55 Å². The van der Waals surface area contributed by atoms with Crippen LogP contribution in [0.25, 0.3) is 11.0 Å². The van der Waals surface area contributed by atoms with Crippen molar-refractivity contribution in [1.29, 1.82) is 0 Å². The molecule has 3 nitrogen and oxygen atoms in total. The molecule has 0 saturated heterocycles. The Morgan fingerprint density at radius 3 is 2.88 bits per heavy atom. The molecule has 0 aliphatic carbocycles. The smallest absolute Gasteiger partial charge is 0.138 e. The SMILES string of the molecule is CCCn1c(C(C)O)nc2cc(F)ccc21. The molecule has 0 spiro atoms. The van der Waals surface area contributed by atoms with Gasteiger partial charge in [0.25, 0.3) is 0 Å². The first-order chi connectivity index (χ1) is 7.63. The van der Waals surface area contributed by atoms with Gasteiger partial charge in [-0.3, -0.25) is 0 Å². The number of hydrogen-bond donors (Lipinski definition) is 1. The lowest BCUT2D eigenvalue weighted by atomic mass is 10.3. The lowest BCUT2D eigenvalue weighted by Crippen LogP contribution is -2.06. The Kier molecular flexibility index (Phi) is 2.92. The van der Waals surface area contributed by atoms with Crippen LogP contribution in [0.4, 0.5) is 4.39 Å². The van der Waals surface area contributed by atoms with E-state index in [1.807, 2.05) is 4.57 Å². The molecular formula is C12H15FN2O. The van der Waals surface area contributed by atoms with Crippen LogP contribution in [0.15, 0.2) is 18.2 Å². The van der Waals surface area contributed by atoms with Gasteiger partial charge in [-0.1, -0.05) is 6.92 Å². The van der Waals surface area contributed by atoms with Crippen molar-refractivity contribution in [2.75, 3.05) is 0 Å². The van der Waals surface area contributed by atoms with E-state index in [0.29, 0.717) is 11.3 Å². The number of imidazole rings is 1. The molecule has 16 heavy (non-hydrogen) atoms. The van der Waals surface area contributed by atoms with Crippen LogP contribution in [0.3, 0.4) is 0 Å². The molecule has 0 aliphatic rings. The van der Waals surface area contributed by atoms with Gasteiger partial charge in [-0.05, 0) is 25.5 Å². The Morgan fingerprint density at radius 2 is 2.25 bits per heavy atom. The molecule has 1 aromatic heterocycles. The molecule has 0 bridgehead atoms. The molecule has 2 aromatic rings. The molecule has 1 atom stereocenters. The highest BCUT2D eigenvalue weighted by atomic mass is 19.1. The maximum Gasteiger partial charge on any atom is 0.138 e. The predicted octanol–water partition coefficient (Wildman–Crippen LogP) is 2.64. The molecule has 0 amide bonds. The number of benzene rings is 1. The van der Waals surface area contributed by atoms with Crippen molar-refractivity contribution in [3.8, 4) is 0 Å². The Morgan fingerprint density at radius 1 is 1.50 bits per heavy atom. The second-order valence-electron chi connectivity index (χ2n) is 3.93. The lowest BCUT2D eigenvalue weighted by Gasteiger charge is -2.09. The van der Waals surface area contributed by atoms with E-state index >= 15 is 0 Å². The maximum atomic E-state index is 13.1. The summed E-state index contributed by atoms with van der Waals surface area (Å²) in [6.45, 7) is 4.51. The van der Waals surface area contributed by atoms with Crippen LogP contribution in [-0.4, -0.2) is 14.7 Å². The molecular weight excluding hydrogens is 207 g/mol. The van der Waals surface area contributed by atoms with E-state index in [4.69, 9.17) is 0 Å². The zero-order valence-corrected chi connectivity index (χ0v) is 9.44. The van der Waals surface area contributed by atoms with Gasteiger partial charge in [-0.2, -0.15) is 0 Å². The summed E-state index contributed by atoms with van der Waals surface area (Å²) in [6.07, 6.45) is 0.310. The van der Waals surface area contributed by atoms with Gasteiger partial charge in [-0.25, -0.2) is 9.37 Å².